The van der Waals surface area contributed by atoms with E-state index in [9.17, 15) is 27.6 Å². The number of nitrogens with zero attached hydrogens (tertiary/aromatic N) is 7. The van der Waals surface area contributed by atoms with Crippen molar-refractivity contribution in [1.82, 2.24) is 24.4 Å². The number of piperidine rings is 1. The van der Waals surface area contributed by atoms with Gasteiger partial charge in [-0.1, -0.05) is 11.6 Å². The van der Waals surface area contributed by atoms with Gasteiger partial charge in [0, 0.05) is 63.3 Å². The van der Waals surface area contributed by atoms with Crippen molar-refractivity contribution in [2.24, 2.45) is 0 Å². The second kappa shape index (κ2) is 11.5. The zero-order chi connectivity index (χ0) is 33.2. The molecule has 2 aromatic heterocycles. The van der Waals surface area contributed by atoms with Crippen LogP contribution in [0, 0.1) is 0 Å². The van der Waals surface area contributed by atoms with Crippen LogP contribution in [0.4, 0.5) is 30.6 Å². The number of carbonyl (C=O) groups is 2. The standard InChI is InChI=1S/C31H34ClF3N8O4/c1-39-10-3-4-18-26(39)37-29(38-27(18)45)40-12-8-30(9-13-40)24-19(32)5-6-20(47-2)25(24)43(28(30)46)11-7-23(44)41-14-15-42-21(31(33,34)35)16-36-22(42)17-41/h5-6,16H,3-4,7-15,17H2,1-2H3,(H,37,38,45). The highest BCUT2D eigenvalue weighted by Crippen LogP contribution is 2.54. The largest absolute Gasteiger partial charge is 0.495 e. The van der Waals surface area contributed by atoms with E-state index in [0.717, 1.165) is 23.7 Å². The normalized spacial score (nSPS) is 18.8. The van der Waals surface area contributed by atoms with Crippen LogP contribution in [-0.2, 0) is 40.7 Å². The van der Waals surface area contributed by atoms with Crippen LogP contribution in [0.5, 0.6) is 5.75 Å². The monoisotopic (exact) mass is 674 g/mol. The number of aromatic amines is 1. The summed E-state index contributed by atoms with van der Waals surface area (Å²) in [5.41, 5.74) is -0.100. The number of ether oxygens (including phenoxy) is 1. The van der Waals surface area contributed by atoms with E-state index in [1.165, 1.54) is 12.0 Å². The number of alkyl halides is 3. The molecule has 0 unspecified atom stereocenters. The van der Waals surface area contributed by atoms with Gasteiger partial charge in [0.1, 0.15) is 23.1 Å². The molecular weight excluding hydrogens is 641 g/mol. The van der Waals surface area contributed by atoms with Crippen LogP contribution >= 0.6 is 11.6 Å². The molecule has 0 atom stereocenters. The fraction of sp³-hybridized carbons (Fsp3) is 0.516. The van der Waals surface area contributed by atoms with E-state index in [0.29, 0.717) is 71.7 Å². The second-order valence-electron chi connectivity index (χ2n) is 12.5. The molecule has 250 valence electrons. The molecule has 7 rings (SSSR count). The van der Waals surface area contributed by atoms with Crippen LogP contribution in [0.2, 0.25) is 5.02 Å². The first-order chi connectivity index (χ1) is 22.4. The lowest BCUT2D eigenvalue weighted by Gasteiger charge is -2.39. The Hall–Kier alpha value is -4.27. The summed E-state index contributed by atoms with van der Waals surface area (Å²) in [4.78, 5) is 59.3. The van der Waals surface area contributed by atoms with Gasteiger partial charge in [-0.05, 0) is 37.8 Å². The molecule has 1 fully saturated rings. The number of amides is 2. The van der Waals surface area contributed by atoms with Gasteiger partial charge in [0.15, 0.2) is 0 Å². The number of halogens is 4. The fourth-order valence-corrected chi connectivity index (χ4v) is 7.84. The quantitative estimate of drug-likeness (QED) is 0.438. The van der Waals surface area contributed by atoms with Gasteiger partial charge >= 0.3 is 6.18 Å². The number of carbonyl (C=O) groups excluding carboxylic acids is 2. The Morgan fingerprint density at radius 3 is 2.62 bits per heavy atom. The van der Waals surface area contributed by atoms with E-state index < -0.39 is 17.3 Å². The van der Waals surface area contributed by atoms with Crippen molar-refractivity contribution < 1.29 is 27.5 Å². The maximum atomic E-state index is 14.4. The summed E-state index contributed by atoms with van der Waals surface area (Å²) in [6, 6.07) is 3.40. The van der Waals surface area contributed by atoms with Crippen LogP contribution in [0.25, 0.3) is 0 Å². The van der Waals surface area contributed by atoms with E-state index >= 15 is 0 Å². The Morgan fingerprint density at radius 1 is 1.13 bits per heavy atom. The molecule has 6 heterocycles. The molecule has 0 aliphatic carbocycles. The maximum absolute atomic E-state index is 14.4. The summed E-state index contributed by atoms with van der Waals surface area (Å²) in [5.74, 6) is 1.27. The summed E-state index contributed by atoms with van der Waals surface area (Å²) in [6.45, 7) is 1.73. The lowest BCUT2D eigenvalue weighted by Crippen LogP contribution is -2.50. The van der Waals surface area contributed by atoms with E-state index in [1.54, 1.807) is 17.0 Å². The first-order valence-corrected chi connectivity index (χ1v) is 16.0. The van der Waals surface area contributed by atoms with Crippen molar-refractivity contribution in [2.75, 3.05) is 61.6 Å². The summed E-state index contributed by atoms with van der Waals surface area (Å²) in [6.07, 6.45) is -1.44. The number of H-pyrrole nitrogens is 1. The number of nitrogens with one attached hydrogen (secondary N) is 1. The van der Waals surface area contributed by atoms with E-state index in [-0.39, 0.29) is 55.8 Å². The highest BCUT2D eigenvalue weighted by Gasteiger charge is 2.54. The van der Waals surface area contributed by atoms with E-state index in [4.69, 9.17) is 21.3 Å². The molecule has 1 N–H and O–H groups in total. The Balaban J connectivity index is 1.11. The number of imidazole rings is 1. The number of fused-ring (bicyclic) bond motifs is 4. The average Bonchev–Trinajstić information content (AvgIpc) is 3.58. The Bertz CT molecular complexity index is 1820. The molecule has 4 aliphatic heterocycles. The second-order valence-corrected chi connectivity index (χ2v) is 12.9. The molecule has 1 spiro atoms. The molecular formula is C31H34ClF3N8O4. The van der Waals surface area contributed by atoms with Gasteiger partial charge in [0.25, 0.3) is 5.56 Å². The van der Waals surface area contributed by atoms with Gasteiger partial charge in [-0.2, -0.15) is 18.2 Å². The molecule has 0 radical (unpaired) electrons. The SMILES string of the molecule is COc1ccc(Cl)c2c1N(CCC(=O)N1CCn3c(C(F)(F)F)cnc3C1)C(=O)C21CCN(c2nc3c(c(=O)[nH]2)CCCN3C)CC1. The number of hydrogen-bond donors (Lipinski definition) is 1. The Kier molecular flexibility index (Phi) is 7.64. The Morgan fingerprint density at radius 2 is 1.89 bits per heavy atom. The topological polar surface area (TPSA) is 120 Å². The molecule has 12 nitrogen and oxygen atoms in total. The van der Waals surface area contributed by atoms with Gasteiger partial charge in [0.2, 0.25) is 17.8 Å². The zero-order valence-electron chi connectivity index (χ0n) is 26.0. The highest BCUT2D eigenvalue weighted by molar-refractivity contribution is 6.33. The smallest absolute Gasteiger partial charge is 0.433 e. The van der Waals surface area contributed by atoms with Crippen LogP contribution in [0.15, 0.2) is 23.1 Å². The molecule has 2 amide bonds. The molecule has 1 saturated heterocycles. The fourth-order valence-electron chi connectivity index (χ4n) is 7.51. The van der Waals surface area contributed by atoms with Crippen LogP contribution in [0.1, 0.15) is 48.3 Å². The third-order valence-electron chi connectivity index (χ3n) is 9.95. The van der Waals surface area contributed by atoms with Crippen LogP contribution < -0.4 is 25.0 Å². The predicted octanol–water partition coefficient (Wildman–Crippen LogP) is 3.35. The molecule has 47 heavy (non-hydrogen) atoms. The summed E-state index contributed by atoms with van der Waals surface area (Å²) in [5, 5.41) is 0.418. The molecule has 16 heteroatoms. The van der Waals surface area contributed by atoms with Crippen LogP contribution in [0.3, 0.4) is 0 Å². The molecule has 1 aromatic carbocycles. The van der Waals surface area contributed by atoms with Crippen molar-refractivity contribution in [3.05, 3.63) is 56.4 Å². The predicted molar refractivity (Wildman–Crippen MR) is 167 cm³/mol. The number of anilines is 3. The first kappa shape index (κ1) is 31.3. The first-order valence-electron chi connectivity index (χ1n) is 15.6. The lowest BCUT2D eigenvalue weighted by molar-refractivity contribution is -0.144. The van der Waals surface area contributed by atoms with Crippen molar-refractivity contribution in [1.29, 1.82) is 0 Å². The maximum Gasteiger partial charge on any atom is 0.433 e. The number of benzene rings is 1. The zero-order valence-corrected chi connectivity index (χ0v) is 26.7. The number of aromatic nitrogens is 4. The van der Waals surface area contributed by atoms with E-state index in [1.807, 2.05) is 16.8 Å². The number of methoxy groups -OCH3 is 1. The third-order valence-corrected chi connectivity index (χ3v) is 10.3. The highest BCUT2D eigenvalue weighted by atomic mass is 35.5. The molecule has 3 aromatic rings. The van der Waals surface area contributed by atoms with Gasteiger partial charge in [-0.25, -0.2) is 4.98 Å². The van der Waals surface area contributed by atoms with Gasteiger partial charge in [0.05, 0.1) is 36.5 Å². The Labute approximate surface area is 273 Å². The summed E-state index contributed by atoms with van der Waals surface area (Å²) >= 11 is 6.81. The number of hydrogen-bond acceptors (Lipinski definition) is 8. The summed E-state index contributed by atoms with van der Waals surface area (Å²) < 4.78 is 46.8. The minimum atomic E-state index is -4.53. The van der Waals surface area contributed by atoms with Crippen molar-refractivity contribution in [3.8, 4) is 5.75 Å². The van der Waals surface area contributed by atoms with Crippen LogP contribution in [-0.4, -0.2) is 83.1 Å². The van der Waals surface area contributed by atoms with Crippen molar-refractivity contribution in [2.45, 2.75) is 56.8 Å². The molecule has 4 aliphatic rings. The van der Waals surface area contributed by atoms with Crippen molar-refractivity contribution in [3.63, 3.8) is 0 Å². The van der Waals surface area contributed by atoms with Gasteiger partial charge < -0.3 is 28.9 Å². The van der Waals surface area contributed by atoms with Gasteiger partial charge in [-0.3, -0.25) is 19.4 Å². The summed E-state index contributed by atoms with van der Waals surface area (Å²) in [7, 11) is 3.43. The van der Waals surface area contributed by atoms with Gasteiger partial charge in [-0.15, -0.1) is 0 Å². The number of rotatable bonds is 5. The van der Waals surface area contributed by atoms with E-state index in [2.05, 4.69) is 9.97 Å². The van der Waals surface area contributed by atoms with Crippen molar-refractivity contribution >= 4 is 40.9 Å². The molecule has 0 bridgehead atoms. The third kappa shape index (κ3) is 5.09. The minimum absolute atomic E-state index is 0.0228. The molecule has 0 saturated carbocycles. The average molecular weight is 675 g/mol. The lowest BCUT2D eigenvalue weighted by atomic mass is 9.73. The minimum Gasteiger partial charge on any atom is -0.495 e.